The van der Waals surface area contributed by atoms with Crippen LogP contribution in [0.15, 0.2) is 29.4 Å². The second-order valence-electron chi connectivity index (χ2n) is 6.09. The fraction of sp³-hybridized carbons (Fsp3) is 0.500. The van der Waals surface area contributed by atoms with Crippen LogP contribution in [-0.4, -0.2) is 49.9 Å². The third-order valence-electron chi connectivity index (χ3n) is 4.02. The first-order valence-corrected chi connectivity index (χ1v) is 8.88. The van der Waals surface area contributed by atoms with Gasteiger partial charge < -0.3 is 4.90 Å². The van der Waals surface area contributed by atoms with Gasteiger partial charge in [-0.25, -0.2) is 0 Å². The van der Waals surface area contributed by atoms with E-state index < -0.39 is 0 Å². The van der Waals surface area contributed by atoms with Crippen LogP contribution in [0.1, 0.15) is 25.3 Å². The molecule has 0 spiro atoms. The van der Waals surface area contributed by atoms with Gasteiger partial charge >= 0.3 is 0 Å². The molecule has 0 radical (unpaired) electrons. The molecule has 2 aromatic rings. The first kappa shape index (κ1) is 16.0. The first-order chi connectivity index (χ1) is 11.1. The molecule has 23 heavy (non-hydrogen) atoms. The maximum absolute atomic E-state index is 12.4. The summed E-state index contributed by atoms with van der Waals surface area (Å²) in [6, 6.07) is 7.99. The average molecular weight is 331 g/mol. The van der Waals surface area contributed by atoms with E-state index in [4.69, 9.17) is 0 Å². The van der Waals surface area contributed by atoms with E-state index in [1.807, 2.05) is 36.1 Å². The summed E-state index contributed by atoms with van der Waals surface area (Å²) in [6.07, 6.45) is 2.31. The molecule has 7 heteroatoms. The van der Waals surface area contributed by atoms with Gasteiger partial charge in [-0.2, -0.15) is 4.68 Å². The fourth-order valence-corrected chi connectivity index (χ4v) is 3.62. The number of aryl methyl sites for hydroxylation is 1. The van der Waals surface area contributed by atoms with E-state index in [0.717, 1.165) is 30.8 Å². The SMILES string of the molecule is Cc1cccc(-n2nnnc2SCC(=O)N2CCC[C@@H](C)C2)c1. The monoisotopic (exact) mass is 331 g/mol. The minimum Gasteiger partial charge on any atom is -0.342 e. The van der Waals surface area contributed by atoms with Crippen LogP contribution in [0.4, 0.5) is 0 Å². The molecule has 1 aliphatic rings. The van der Waals surface area contributed by atoms with E-state index in [9.17, 15) is 4.79 Å². The van der Waals surface area contributed by atoms with Crippen molar-refractivity contribution in [2.24, 2.45) is 5.92 Å². The van der Waals surface area contributed by atoms with Crippen LogP contribution >= 0.6 is 11.8 Å². The molecule has 0 aliphatic carbocycles. The number of carbonyl (C=O) groups is 1. The molecule has 1 amide bonds. The molecule has 0 saturated carbocycles. The number of likely N-dealkylation sites (tertiary alicyclic amines) is 1. The minimum absolute atomic E-state index is 0.167. The van der Waals surface area contributed by atoms with Crippen LogP contribution < -0.4 is 0 Å². The lowest BCUT2D eigenvalue weighted by Gasteiger charge is -2.30. The normalized spacial score (nSPS) is 18.2. The topological polar surface area (TPSA) is 63.9 Å². The molecule has 0 unspecified atom stereocenters. The fourth-order valence-electron chi connectivity index (χ4n) is 2.82. The maximum Gasteiger partial charge on any atom is 0.233 e. The summed E-state index contributed by atoms with van der Waals surface area (Å²) >= 11 is 1.39. The zero-order chi connectivity index (χ0) is 16.2. The summed E-state index contributed by atoms with van der Waals surface area (Å²) in [5, 5.41) is 12.5. The predicted molar refractivity (Wildman–Crippen MR) is 89.6 cm³/mol. The Morgan fingerprint density at radius 2 is 2.30 bits per heavy atom. The number of benzene rings is 1. The highest BCUT2D eigenvalue weighted by atomic mass is 32.2. The number of thioether (sulfide) groups is 1. The zero-order valence-electron chi connectivity index (χ0n) is 13.5. The van der Waals surface area contributed by atoms with Crippen LogP contribution in [0.25, 0.3) is 5.69 Å². The Labute approximate surface area is 140 Å². The summed E-state index contributed by atoms with van der Waals surface area (Å²) in [5.41, 5.74) is 2.06. The largest absolute Gasteiger partial charge is 0.342 e. The van der Waals surface area contributed by atoms with Crippen molar-refractivity contribution in [1.82, 2.24) is 25.1 Å². The van der Waals surface area contributed by atoms with Gasteiger partial charge in [-0.05, 0) is 53.8 Å². The lowest BCUT2D eigenvalue weighted by atomic mass is 10.0. The third kappa shape index (κ3) is 3.90. The van der Waals surface area contributed by atoms with Crippen LogP contribution in [0.2, 0.25) is 0 Å². The average Bonchev–Trinajstić information content (AvgIpc) is 3.01. The Hall–Kier alpha value is -1.89. The van der Waals surface area contributed by atoms with Crippen molar-refractivity contribution in [1.29, 1.82) is 0 Å². The van der Waals surface area contributed by atoms with Gasteiger partial charge in [0.1, 0.15) is 0 Å². The number of amides is 1. The van der Waals surface area contributed by atoms with Crippen molar-refractivity contribution in [2.75, 3.05) is 18.8 Å². The maximum atomic E-state index is 12.4. The smallest absolute Gasteiger partial charge is 0.233 e. The highest BCUT2D eigenvalue weighted by Crippen LogP contribution is 2.21. The molecule has 122 valence electrons. The number of carbonyl (C=O) groups excluding carboxylic acids is 1. The van der Waals surface area contributed by atoms with Crippen molar-refractivity contribution in [2.45, 2.75) is 31.8 Å². The summed E-state index contributed by atoms with van der Waals surface area (Å²) in [5.74, 6) is 1.13. The van der Waals surface area contributed by atoms with Crippen molar-refractivity contribution in [3.63, 3.8) is 0 Å². The molecule has 2 heterocycles. The molecule has 0 N–H and O–H groups in total. The van der Waals surface area contributed by atoms with Crippen LogP contribution in [-0.2, 0) is 4.79 Å². The second kappa shape index (κ2) is 7.12. The van der Waals surface area contributed by atoms with E-state index in [-0.39, 0.29) is 5.91 Å². The van der Waals surface area contributed by atoms with Gasteiger partial charge in [-0.1, -0.05) is 30.8 Å². The van der Waals surface area contributed by atoms with Gasteiger partial charge in [0.15, 0.2) is 0 Å². The van der Waals surface area contributed by atoms with Gasteiger partial charge in [0.25, 0.3) is 0 Å². The lowest BCUT2D eigenvalue weighted by Crippen LogP contribution is -2.40. The van der Waals surface area contributed by atoms with Gasteiger partial charge in [0.05, 0.1) is 11.4 Å². The number of hydrogen-bond acceptors (Lipinski definition) is 5. The molecule has 1 aromatic heterocycles. The Bertz CT molecular complexity index is 687. The van der Waals surface area contributed by atoms with E-state index >= 15 is 0 Å². The molecular formula is C16H21N5OS. The molecule has 1 aromatic carbocycles. The Balaban J connectivity index is 1.65. The second-order valence-corrected chi connectivity index (χ2v) is 7.03. The molecule has 1 atom stereocenters. The Kier molecular flexibility index (Phi) is 4.95. The number of tetrazole rings is 1. The van der Waals surface area contributed by atoms with Crippen molar-refractivity contribution >= 4 is 17.7 Å². The van der Waals surface area contributed by atoms with Crippen LogP contribution in [0, 0.1) is 12.8 Å². The van der Waals surface area contributed by atoms with E-state index in [2.05, 4.69) is 22.4 Å². The number of hydrogen-bond donors (Lipinski definition) is 0. The molecule has 1 aliphatic heterocycles. The van der Waals surface area contributed by atoms with E-state index in [1.165, 1.54) is 18.2 Å². The Morgan fingerprint density at radius 3 is 3.09 bits per heavy atom. The predicted octanol–water partition coefficient (Wildman–Crippen LogP) is 2.32. The Morgan fingerprint density at radius 1 is 1.43 bits per heavy atom. The van der Waals surface area contributed by atoms with Gasteiger partial charge in [0.2, 0.25) is 11.1 Å². The summed E-state index contributed by atoms with van der Waals surface area (Å²) in [7, 11) is 0. The minimum atomic E-state index is 0.167. The number of rotatable bonds is 4. The molecule has 0 bridgehead atoms. The van der Waals surface area contributed by atoms with Crippen LogP contribution in [0.3, 0.4) is 0 Å². The number of piperidine rings is 1. The van der Waals surface area contributed by atoms with Crippen molar-refractivity contribution < 1.29 is 4.79 Å². The summed E-state index contributed by atoms with van der Waals surface area (Å²) in [4.78, 5) is 14.3. The lowest BCUT2D eigenvalue weighted by molar-refractivity contribution is -0.130. The quantitative estimate of drug-likeness (QED) is 0.805. The molecule has 3 rings (SSSR count). The highest BCUT2D eigenvalue weighted by molar-refractivity contribution is 7.99. The first-order valence-electron chi connectivity index (χ1n) is 7.89. The summed E-state index contributed by atoms with van der Waals surface area (Å²) in [6.45, 7) is 5.96. The molecular weight excluding hydrogens is 310 g/mol. The summed E-state index contributed by atoms with van der Waals surface area (Å²) < 4.78 is 1.68. The highest BCUT2D eigenvalue weighted by Gasteiger charge is 2.21. The van der Waals surface area contributed by atoms with Gasteiger partial charge in [-0.15, -0.1) is 5.10 Å². The van der Waals surface area contributed by atoms with E-state index in [0.29, 0.717) is 16.8 Å². The van der Waals surface area contributed by atoms with Gasteiger partial charge in [0, 0.05) is 13.1 Å². The van der Waals surface area contributed by atoms with Crippen molar-refractivity contribution in [3.05, 3.63) is 29.8 Å². The van der Waals surface area contributed by atoms with Gasteiger partial charge in [-0.3, -0.25) is 4.79 Å². The molecule has 1 saturated heterocycles. The standard InChI is InChI=1S/C16H21N5OS/c1-12-5-3-7-14(9-12)21-16(17-18-19-21)23-11-15(22)20-8-4-6-13(2)10-20/h3,5,7,9,13H,4,6,8,10-11H2,1-2H3/t13-/m1/s1. The number of nitrogens with zero attached hydrogens (tertiary/aromatic N) is 5. The number of aromatic nitrogens is 4. The third-order valence-corrected chi connectivity index (χ3v) is 4.93. The molecule has 1 fully saturated rings. The molecule has 6 nitrogen and oxygen atoms in total. The van der Waals surface area contributed by atoms with Crippen LogP contribution in [0.5, 0.6) is 0 Å². The van der Waals surface area contributed by atoms with E-state index in [1.54, 1.807) is 4.68 Å². The zero-order valence-corrected chi connectivity index (χ0v) is 14.3. The van der Waals surface area contributed by atoms with Crippen molar-refractivity contribution in [3.8, 4) is 5.69 Å².